The third-order valence-electron chi connectivity index (χ3n) is 5.27. The number of amides is 1. The average Bonchev–Trinajstić information content (AvgIpc) is 3.20. The van der Waals surface area contributed by atoms with E-state index in [1.54, 1.807) is 0 Å². The highest BCUT2D eigenvalue weighted by molar-refractivity contribution is 7.22. The molecule has 0 atom stereocenters. The summed E-state index contributed by atoms with van der Waals surface area (Å²) in [5.74, 6) is 0.590. The molecule has 0 spiro atoms. The zero-order chi connectivity index (χ0) is 22.1. The van der Waals surface area contributed by atoms with Crippen molar-refractivity contribution in [1.29, 1.82) is 0 Å². The monoisotopic (exact) mass is 439 g/mol. The summed E-state index contributed by atoms with van der Waals surface area (Å²) in [6, 6.07) is 23.4. The zero-order valence-corrected chi connectivity index (χ0v) is 18.6. The molecule has 6 heteroatoms. The van der Waals surface area contributed by atoms with Gasteiger partial charge in [-0.05, 0) is 49.7 Å². The Balaban J connectivity index is 1.54. The van der Waals surface area contributed by atoms with E-state index in [0.29, 0.717) is 17.3 Å². The van der Waals surface area contributed by atoms with Crippen LogP contribution in [-0.4, -0.2) is 22.5 Å². The van der Waals surface area contributed by atoms with Gasteiger partial charge in [0.25, 0.3) is 5.91 Å². The number of para-hydroxylation sites is 1. The first-order chi connectivity index (χ1) is 15.6. The van der Waals surface area contributed by atoms with E-state index >= 15 is 0 Å². The van der Waals surface area contributed by atoms with Crippen LogP contribution in [-0.2, 0) is 0 Å². The third-order valence-corrected chi connectivity index (χ3v) is 6.21. The maximum absolute atomic E-state index is 13.3. The van der Waals surface area contributed by atoms with Crippen LogP contribution in [0.15, 0.2) is 72.8 Å². The number of thiazole rings is 1. The smallest absolute Gasteiger partial charge is 0.258 e. The van der Waals surface area contributed by atoms with E-state index in [2.05, 4.69) is 10.3 Å². The van der Waals surface area contributed by atoms with Crippen molar-refractivity contribution < 1.29 is 9.53 Å². The van der Waals surface area contributed by atoms with Crippen LogP contribution >= 0.6 is 11.3 Å². The van der Waals surface area contributed by atoms with Crippen LogP contribution in [0.5, 0.6) is 5.75 Å². The second-order valence-corrected chi connectivity index (χ2v) is 8.45. The predicted molar refractivity (Wildman–Crippen MR) is 131 cm³/mol. The molecule has 1 N–H and O–H groups in total. The Labute approximate surface area is 189 Å². The molecular formula is C26H21N3O2S. The number of ether oxygens (including phenoxy) is 1. The van der Waals surface area contributed by atoms with Crippen molar-refractivity contribution in [2.45, 2.75) is 13.8 Å². The number of rotatable bonds is 5. The van der Waals surface area contributed by atoms with Crippen molar-refractivity contribution >= 4 is 43.5 Å². The number of hydrogen-bond donors (Lipinski definition) is 1. The summed E-state index contributed by atoms with van der Waals surface area (Å²) < 4.78 is 6.54. The van der Waals surface area contributed by atoms with E-state index in [1.807, 2.05) is 86.6 Å². The van der Waals surface area contributed by atoms with Gasteiger partial charge in [-0.25, -0.2) is 9.97 Å². The normalized spacial score (nSPS) is 11.1. The molecule has 2 aromatic heterocycles. The number of aryl methyl sites for hydroxylation is 1. The second kappa shape index (κ2) is 8.40. The minimum Gasteiger partial charge on any atom is -0.494 e. The van der Waals surface area contributed by atoms with E-state index < -0.39 is 0 Å². The van der Waals surface area contributed by atoms with Gasteiger partial charge in [-0.1, -0.05) is 53.8 Å². The first-order valence-electron chi connectivity index (χ1n) is 10.4. The molecule has 1 amide bonds. The zero-order valence-electron chi connectivity index (χ0n) is 17.8. The molecule has 0 saturated carbocycles. The van der Waals surface area contributed by atoms with Crippen molar-refractivity contribution in [3.63, 3.8) is 0 Å². The molecule has 5 aromatic rings. The molecule has 2 heterocycles. The Hall–Kier alpha value is -3.77. The van der Waals surface area contributed by atoms with E-state index in [4.69, 9.17) is 9.72 Å². The van der Waals surface area contributed by atoms with Crippen molar-refractivity contribution in [1.82, 2.24) is 9.97 Å². The minimum absolute atomic E-state index is 0.206. The van der Waals surface area contributed by atoms with Crippen LogP contribution in [0.2, 0.25) is 0 Å². The minimum atomic E-state index is -0.206. The number of nitrogens with zero attached hydrogens (tertiary/aromatic N) is 2. The molecule has 32 heavy (non-hydrogen) atoms. The van der Waals surface area contributed by atoms with Gasteiger partial charge < -0.3 is 4.74 Å². The first kappa shape index (κ1) is 20.2. The lowest BCUT2D eigenvalue weighted by molar-refractivity contribution is 0.102. The number of aromatic nitrogens is 2. The first-order valence-corrected chi connectivity index (χ1v) is 11.2. The average molecular weight is 440 g/mol. The summed E-state index contributed by atoms with van der Waals surface area (Å²) in [5, 5.41) is 4.34. The summed E-state index contributed by atoms with van der Waals surface area (Å²) >= 11 is 1.43. The van der Waals surface area contributed by atoms with Gasteiger partial charge in [0.15, 0.2) is 5.13 Å². The van der Waals surface area contributed by atoms with E-state index in [9.17, 15) is 4.79 Å². The molecule has 0 aliphatic carbocycles. The highest BCUT2D eigenvalue weighted by atomic mass is 32.1. The molecule has 0 radical (unpaired) electrons. The number of hydrogen-bond acceptors (Lipinski definition) is 5. The van der Waals surface area contributed by atoms with Crippen LogP contribution in [0.4, 0.5) is 5.13 Å². The molecule has 5 nitrogen and oxygen atoms in total. The van der Waals surface area contributed by atoms with Gasteiger partial charge in [0.05, 0.1) is 33.6 Å². The van der Waals surface area contributed by atoms with Gasteiger partial charge in [0, 0.05) is 10.9 Å². The molecule has 0 bridgehead atoms. The van der Waals surface area contributed by atoms with Crippen molar-refractivity contribution in [3.05, 3.63) is 83.9 Å². The number of carbonyl (C=O) groups is 1. The van der Waals surface area contributed by atoms with Crippen molar-refractivity contribution in [2.75, 3.05) is 11.9 Å². The van der Waals surface area contributed by atoms with Gasteiger partial charge in [-0.15, -0.1) is 0 Å². The number of nitrogens with one attached hydrogen (secondary N) is 1. The van der Waals surface area contributed by atoms with Crippen molar-refractivity contribution in [2.24, 2.45) is 0 Å². The quantitative estimate of drug-likeness (QED) is 0.341. The molecule has 0 unspecified atom stereocenters. The van der Waals surface area contributed by atoms with Crippen LogP contribution in [0.1, 0.15) is 22.8 Å². The van der Waals surface area contributed by atoms with Crippen LogP contribution in [0.3, 0.4) is 0 Å². The molecule has 0 aliphatic rings. The topological polar surface area (TPSA) is 64.1 Å². The van der Waals surface area contributed by atoms with Gasteiger partial charge in [0.2, 0.25) is 0 Å². The SMILES string of the molecule is CCOc1ccc2nc(NC(=O)c3cc(-c4ccccc4C)nc4ccccc34)sc2c1. The number of carbonyl (C=O) groups excluding carboxylic acids is 1. The van der Waals surface area contributed by atoms with E-state index in [1.165, 1.54) is 11.3 Å². The molecule has 0 saturated heterocycles. The highest BCUT2D eigenvalue weighted by Gasteiger charge is 2.16. The molecule has 158 valence electrons. The fraction of sp³-hybridized carbons (Fsp3) is 0.115. The number of fused-ring (bicyclic) bond motifs is 2. The summed E-state index contributed by atoms with van der Waals surface area (Å²) in [7, 11) is 0. The molecule has 5 rings (SSSR count). The largest absolute Gasteiger partial charge is 0.494 e. The highest BCUT2D eigenvalue weighted by Crippen LogP contribution is 2.31. The predicted octanol–water partition coefficient (Wildman–Crippen LogP) is 6.47. The standard InChI is InChI=1S/C26H21N3O2S/c1-3-31-17-12-13-22-24(14-17)32-26(28-22)29-25(30)20-15-23(18-9-5-4-8-16(18)2)27-21-11-7-6-10-19(20)21/h4-15H,3H2,1-2H3,(H,28,29,30). The Kier molecular flexibility index (Phi) is 5.29. The summed E-state index contributed by atoms with van der Waals surface area (Å²) in [6.07, 6.45) is 0. The Morgan fingerprint density at radius 2 is 1.78 bits per heavy atom. The fourth-order valence-corrected chi connectivity index (χ4v) is 4.63. The Bertz CT molecular complexity index is 1460. The van der Waals surface area contributed by atoms with Gasteiger partial charge in [-0.2, -0.15) is 0 Å². The lowest BCUT2D eigenvalue weighted by Crippen LogP contribution is -2.13. The van der Waals surface area contributed by atoms with E-state index in [-0.39, 0.29) is 5.91 Å². The molecule has 0 aliphatic heterocycles. The van der Waals surface area contributed by atoms with Crippen LogP contribution < -0.4 is 10.1 Å². The number of benzene rings is 3. The second-order valence-electron chi connectivity index (χ2n) is 7.42. The lowest BCUT2D eigenvalue weighted by atomic mass is 10.0. The Morgan fingerprint density at radius 3 is 2.62 bits per heavy atom. The van der Waals surface area contributed by atoms with Crippen LogP contribution in [0, 0.1) is 6.92 Å². The maximum Gasteiger partial charge on any atom is 0.258 e. The van der Waals surface area contributed by atoms with Gasteiger partial charge in [-0.3, -0.25) is 10.1 Å². The van der Waals surface area contributed by atoms with Crippen molar-refractivity contribution in [3.8, 4) is 17.0 Å². The fourth-order valence-electron chi connectivity index (χ4n) is 3.74. The maximum atomic E-state index is 13.3. The number of anilines is 1. The third kappa shape index (κ3) is 3.81. The van der Waals surface area contributed by atoms with E-state index in [0.717, 1.165) is 43.7 Å². The Morgan fingerprint density at radius 1 is 0.969 bits per heavy atom. The lowest BCUT2D eigenvalue weighted by Gasteiger charge is -2.11. The summed E-state index contributed by atoms with van der Waals surface area (Å²) in [5.41, 5.74) is 5.08. The van der Waals surface area contributed by atoms with Gasteiger partial charge >= 0.3 is 0 Å². The molecule has 0 fully saturated rings. The summed E-state index contributed by atoms with van der Waals surface area (Å²) in [6.45, 7) is 4.60. The summed E-state index contributed by atoms with van der Waals surface area (Å²) in [4.78, 5) is 22.7. The van der Waals surface area contributed by atoms with Gasteiger partial charge in [0.1, 0.15) is 5.75 Å². The molecule has 3 aromatic carbocycles. The van der Waals surface area contributed by atoms with Crippen LogP contribution in [0.25, 0.3) is 32.4 Å². The molecular weight excluding hydrogens is 418 g/mol. The number of pyridine rings is 1.